The van der Waals surface area contributed by atoms with Crippen LogP contribution in [-0.2, 0) is 4.74 Å². The minimum absolute atomic E-state index is 0.116. The van der Waals surface area contributed by atoms with Crippen molar-refractivity contribution >= 4 is 11.6 Å². The SMILES string of the molecule is CC1OCCC1(O)CNC(=O)c1cc([N+](=O)[O-])ccc1F. The Morgan fingerprint density at radius 3 is 2.95 bits per heavy atom. The summed E-state index contributed by atoms with van der Waals surface area (Å²) in [5, 5.41) is 23.3. The van der Waals surface area contributed by atoms with Crippen LogP contribution in [0.15, 0.2) is 18.2 Å². The number of non-ortho nitro benzene ring substituents is 1. The fraction of sp³-hybridized carbons (Fsp3) is 0.462. The Bertz CT molecular complexity index is 580. The summed E-state index contributed by atoms with van der Waals surface area (Å²) in [5.41, 5.74) is -2.02. The number of nitrogens with zero attached hydrogens (tertiary/aromatic N) is 1. The van der Waals surface area contributed by atoms with Gasteiger partial charge in [0, 0.05) is 31.7 Å². The molecule has 2 rings (SSSR count). The van der Waals surface area contributed by atoms with Crippen molar-refractivity contribution in [3.63, 3.8) is 0 Å². The Morgan fingerprint density at radius 1 is 1.67 bits per heavy atom. The van der Waals surface area contributed by atoms with Crippen molar-refractivity contribution in [2.45, 2.75) is 25.0 Å². The molecule has 1 aliphatic rings. The van der Waals surface area contributed by atoms with Crippen LogP contribution in [0.5, 0.6) is 0 Å². The second-order valence-electron chi connectivity index (χ2n) is 4.97. The van der Waals surface area contributed by atoms with Crippen LogP contribution in [0.2, 0.25) is 0 Å². The third kappa shape index (κ3) is 3.17. The Hall–Kier alpha value is -2.06. The quantitative estimate of drug-likeness (QED) is 0.638. The third-order valence-electron chi connectivity index (χ3n) is 3.62. The van der Waals surface area contributed by atoms with Gasteiger partial charge in [0.2, 0.25) is 0 Å². The van der Waals surface area contributed by atoms with E-state index < -0.39 is 33.9 Å². The van der Waals surface area contributed by atoms with E-state index in [0.29, 0.717) is 13.0 Å². The highest BCUT2D eigenvalue weighted by atomic mass is 19.1. The molecule has 0 radical (unpaired) electrons. The highest BCUT2D eigenvalue weighted by Gasteiger charge is 2.39. The minimum Gasteiger partial charge on any atom is -0.385 e. The van der Waals surface area contributed by atoms with Gasteiger partial charge in [-0.25, -0.2) is 4.39 Å². The van der Waals surface area contributed by atoms with E-state index >= 15 is 0 Å². The van der Waals surface area contributed by atoms with Gasteiger partial charge in [-0.1, -0.05) is 0 Å². The van der Waals surface area contributed by atoms with Gasteiger partial charge in [-0.3, -0.25) is 14.9 Å². The zero-order valence-corrected chi connectivity index (χ0v) is 11.3. The maximum atomic E-state index is 13.6. The molecule has 0 aliphatic carbocycles. The number of hydrogen-bond acceptors (Lipinski definition) is 5. The average Bonchev–Trinajstić information content (AvgIpc) is 2.77. The summed E-state index contributed by atoms with van der Waals surface area (Å²) in [4.78, 5) is 21.9. The van der Waals surface area contributed by atoms with Crippen LogP contribution in [0.3, 0.4) is 0 Å². The summed E-state index contributed by atoms with van der Waals surface area (Å²) in [6.45, 7) is 1.93. The topological polar surface area (TPSA) is 102 Å². The Labute approximate surface area is 119 Å². The van der Waals surface area contributed by atoms with Crippen molar-refractivity contribution in [3.8, 4) is 0 Å². The van der Waals surface area contributed by atoms with Crippen LogP contribution in [-0.4, -0.2) is 40.8 Å². The Balaban J connectivity index is 2.10. The zero-order valence-electron chi connectivity index (χ0n) is 11.3. The first-order chi connectivity index (χ1) is 9.83. The third-order valence-corrected chi connectivity index (χ3v) is 3.62. The van der Waals surface area contributed by atoms with Gasteiger partial charge in [-0.2, -0.15) is 0 Å². The standard InChI is InChI=1S/C13H15FN2O5/c1-8-13(18,4-5-21-8)7-15-12(17)10-6-9(16(19)20)2-3-11(10)14/h2-3,6,8,18H,4-5,7H2,1H3,(H,15,17). The van der Waals surface area contributed by atoms with Crippen LogP contribution >= 0.6 is 0 Å². The normalized spacial score (nSPS) is 24.8. The lowest BCUT2D eigenvalue weighted by Crippen LogP contribution is -2.47. The van der Waals surface area contributed by atoms with E-state index in [1.807, 2.05) is 0 Å². The van der Waals surface area contributed by atoms with Crippen LogP contribution < -0.4 is 5.32 Å². The Morgan fingerprint density at radius 2 is 2.38 bits per heavy atom. The van der Waals surface area contributed by atoms with Crippen LogP contribution in [0.4, 0.5) is 10.1 Å². The second kappa shape index (κ2) is 5.74. The summed E-state index contributed by atoms with van der Waals surface area (Å²) in [7, 11) is 0. The lowest BCUT2D eigenvalue weighted by molar-refractivity contribution is -0.384. The number of nitro groups is 1. The molecule has 7 nitrogen and oxygen atoms in total. The van der Waals surface area contributed by atoms with Crippen LogP contribution in [0.25, 0.3) is 0 Å². The molecular weight excluding hydrogens is 283 g/mol. The van der Waals surface area contributed by atoms with E-state index in [-0.39, 0.29) is 12.2 Å². The fourth-order valence-corrected chi connectivity index (χ4v) is 2.13. The van der Waals surface area contributed by atoms with Gasteiger partial charge >= 0.3 is 0 Å². The predicted octanol–water partition coefficient (Wildman–Crippen LogP) is 1.00. The second-order valence-corrected chi connectivity index (χ2v) is 4.97. The first-order valence-electron chi connectivity index (χ1n) is 6.39. The molecule has 1 aromatic carbocycles. The van der Waals surface area contributed by atoms with E-state index in [9.17, 15) is 24.4 Å². The maximum Gasteiger partial charge on any atom is 0.270 e. The maximum absolute atomic E-state index is 13.6. The molecule has 21 heavy (non-hydrogen) atoms. The van der Waals surface area contributed by atoms with E-state index in [0.717, 1.165) is 18.2 Å². The van der Waals surface area contributed by atoms with Crippen molar-refractivity contribution in [2.24, 2.45) is 0 Å². The van der Waals surface area contributed by atoms with Gasteiger partial charge < -0.3 is 15.2 Å². The number of benzene rings is 1. The largest absolute Gasteiger partial charge is 0.385 e. The first-order valence-corrected chi connectivity index (χ1v) is 6.39. The number of nitrogens with one attached hydrogen (secondary N) is 1. The summed E-state index contributed by atoms with van der Waals surface area (Å²) in [6, 6.07) is 2.71. The molecule has 114 valence electrons. The monoisotopic (exact) mass is 298 g/mol. The highest BCUT2D eigenvalue weighted by molar-refractivity contribution is 5.95. The number of nitro benzene ring substituents is 1. The minimum atomic E-state index is -1.22. The molecule has 2 unspecified atom stereocenters. The molecule has 1 aromatic rings. The lowest BCUT2D eigenvalue weighted by Gasteiger charge is -2.26. The van der Waals surface area contributed by atoms with Crippen molar-refractivity contribution in [1.82, 2.24) is 5.32 Å². The molecule has 1 heterocycles. The van der Waals surface area contributed by atoms with Crippen LogP contribution in [0.1, 0.15) is 23.7 Å². The molecular formula is C13H15FN2O5. The number of halogens is 1. The number of amides is 1. The molecule has 2 atom stereocenters. The molecule has 0 bridgehead atoms. The van der Waals surface area contributed by atoms with Gasteiger partial charge in [0.15, 0.2) is 0 Å². The lowest BCUT2D eigenvalue weighted by atomic mass is 9.96. The number of aliphatic hydroxyl groups is 1. The number of carbonyl (C=O) groups excluding carboxylic acids is 1. The molecule has 1 saturated heterocycles. The zero-order chi connectivity index (χ0) is 15.6. The predicted molar refractivity (Wildman–Crippen MR) is 70.4 cm³/mol. The fourth-order valence-electron chi connectivity index (χ4n) is 2.13. The number of rotatable bonds is 4. The van der Waals surface area contributed by atoms with E-state index in [1.54, 1.807) is 6.92 Å². The van der Waals surface area contributed by atoms with Crippen molar-refractivity contribution < 1.29 is 24.0 Å². The molecule has 8 heteroatoms. The molecule has 2 N–H and O–H groups in total. The van der Waals surface area contributed by atoms with Gasteiger partial charge in [0.1, 0.15) is 11.4 Å². The average molecular weight is 298 g/mol. The Kier molecular flexibility index (Phi) is 4.19. The van der Waals surface area contributed by atoms with Gasteiger partial charge in [0.25, 0.3) is 11.6 Å². The number of carbonyl (C=O) groups is 1. The molecule has 0 aromatic heterocycles. The number of ether oxygens (including phenoxy) is 1. The molecule has 1 fully saturated rings. The summed E-state index contributed by atoms with van der Waals surface area (Å²) in [5.74, 6) is -1.68. The highest BCUT2D eigenvalue weighted by Crippen LogP contribution is 2.25. The van der Waals surface area contributed by atoms with Crippen molar-refractivity contribution in [1.29, 1.82) is 0 Å². The first kappa shape index (κ1) is 15.3. The van der Waals surface area contributed by atoms with E-state index in [2.05, 4.69) is 5.32 Å². The van der Waals surface area contributed by atoms with E-state index in [4.69, 9.17) is 4.74 Å². The number of hydrogen-bond donors (Lipinski definition) is 2. The van der Waals surface area contributed by atoms with E-state index in [1.165, 1.54) is 0 Å². The molecule has 1 amide bonds. The summed E-state index contributed by atoms with van der Waals surface area (Å²) in [6.07, 6.45) is -0.0981. The van der Waals surface area contributed by atoms with Gasteiger partial charge in [-0.15, -0.1) is 0 Å². The van der Waals surface area contributed by atoms with Crippen molar-refractivity contribution in [3.05, 3.63) is 39.7 Å². The van der Waals surface area contributed by atoms with Crippen molar-refractivity contribution in [2.75, 3.05) is 13.2 Å². The molecule has 1 aliphatic heterocycles. The van der Waals surface area contributed by atoms with Crippen LogP contribution in [0, 0.1) is 15.9 Å². The molecule has 0 spiro atoms. The summed E-state index contributed by atoms with van der Waals surface area (Å²) >= 11 is 0. The van der Waals surface area contributed by atoms with Gasteiger partial charge in [-0.05, 0) is 13.0 Å². The molecule has 0 saturated carbocycles. The summed E-state index contributed by atoms with van der Waals surface area (Å²) < 4.78 is 18.8. The van der Waals surface area contributed by atoms with Gasteiger partial charge in [0.05, 0.1) is 16.6 Å². The smallest absolute Gasteiger partial charge is 0.270 e.